The standard InChI is InChI=1S/C17H15ClN4O4S/c18-14-5-1-3-12(9-14)11-27(24,25)17-22-21-15(26-17)6-8-20-16(23)13-4-2-7-19-10-13/h1-5,7,9-10H,6,8,11H2,(H,20,23). The van der Waals surface area contributed by atoms with Gasteiger partial charge in [-0.1, -0.05) is 28.8 Å². The first-order valence-electron chi connectivity index (χ1n) is 7.92. The second kappa shape index (κ2) is 8.28. The Bertz CT molecular complexity index is 1040. The molecule has 1 aromatic carbocycles. The molecule has 0 saturated heterocycles. The molecule has 3 aromatic rings. The van der Waals surface area contributed by atoms with Crippen molar-refractivity contribution in [2.75, 3.05) is 6.54 Å². The number of amides is 1. The topological polar surface area (TPSA) is 115 Å². The van der Waals surface area contributed by atoms with E-state index in [1.54, 1.807) is 42.6 Å². The molecule has 140 valence electrons. The molecule has 1 N–H and O–H groups in total. The van der Waals surface area contributed by atoms with Crippen molar-refractivity contribution in [1.29, 1.82) is 0 Å². The maximum Gasteiger partial charge on any atom is 0.335 e. The monoisotopic (exact) mass is 406 g/mol. The number of carbonyl (C=O) groups is 1. The highest BCUT2D eigenvalue weighted by Gasteiger charge is 2.23. The van der Waals surface area contributed by atoms with Crippen molar-refractivity contribution in [3.05, 3.63) is 70.8 Å². The number of hydrogen-bond donors (Lipinski definition) is 1. The van der Waals surface area contributed by atoms with E-state index in [9.17, 15) is 13.2 Å². The Kier molecular flexibility index (Phi) is 5.82. The van der Waals surface area contributed by atoms with Crippen LogP contribution >= 0.6 is 11.6 Å². The summed E-state index contributed by atoms with van der Waals surface area (Å²) in [5.41, 5.74) is 0.943. The molecule has 0 spiro atoms. The second-order valence-electron chi connectivity index (χ2n) is 5.60. The van der Waals surface area contributed by atoms with Crippen molar-refractivity contribution in [2.24, 2.45) is 0 Å². The van der Waals surface area contributed by atoms with Gasteiger partial charge in [-0.2, -0.15) is 0 Å². The summed E-state index contributed by atoms with van der Waals surface area (Å²) in [4.78, 5) is 15.8. The summed E-state index contributed by atoms with van der Waals surface area (Å²) in [5, 5.41) is 9.98. The van der Waals surface area contributed by atoms with E-state index in [0.717, 1.165) is 0 Å². The molecule has 8 nitrogen and oxygen atoms in total. The minimum Gasteiger partial charge on any atom is -0.412 e. The summed E-state index contributed by atoms with van der Waals surface area (Å²) in [5.74, 6) is -0.477. The van der Waals surface area contributed by atoms with Gasteiger partial charge in [-0.05, 0) is 29.8 Å². The van der Waals surface area contributed by atoms with Crippen molar-refractivity contribution in [1.82, 2.24) is 20.5 Å². The molecule has 0 bridgehead atoms. The Balaban J connectivity index is 1.58. The number of nitrogens with one attached hydrogen (secondary N) is 1. The predicted octanol–water partition coefficient (Wildman–Crippen LogP) is 2.06. The Morgan fingerprint density at radius 3 is 2.78 bits per heavy atom. The highest BCUT2D eigenvalue weighted by atomic mass is 35.5. The lowest BCUT2D eigenvalue weighted by Gasteiger charge is -2.02. The van der Waals surface area contributed by atoms with Crippen LogP contribution in [0.1, 0.15) is 21.8 Å². The van der Waals surface area contributed by atoms with E-state index < -0.39 is 15.1 Å². The van der Waals surface area contributed by atoms with Gasteiger partial charge in [0.25, 0.3) is 5.91 Å². The highest BCUT2D eigenvalue weighted by molar-refractivity contribution is 7.90. The fourth-order valence-corrected chi connectivity index (χ4v) is 3.60. The molecule has 0 aliphatic heterocycles. The maximum absolute atomic E-state index is 12.4. The molecule has 0 unspecified atom stereocenters. The minimum atomic E-state index is -3.79. The van der Waals surface area contributed by atoms with Crippen LogP contribution in [0.15, 0.2) is 58.4 Å². The summed E-state index contributed by atoms with van der Waals surface area (Å²) in [6.07, 6.45) is 3.22. The first-order chi connectivity index (χ1) is 12.9. The van der Waals surface area contributed by atoms with Gasteiger partial charge in [0.1, 0.15) is 0 Å². The lowest BCUT2D eigenvalue weighted by Crippen LogP contribution is -2.25. The van der Waals surface area contributed by atoms with Gasteiger partial charge < -0.3 is 9.73 Å². The molecule has 0 fully saturated rings. The lowest BCUT2D eigenvalue weighted by atomic mass is 10.2. The van der Waals surface area contributed by atoms with Crippen molar-refractivity contribution >= 4 is 27.3 Å². The van der Waals surface area contributed by atoms with Crippen LogP contribution in [-0.2, 0) is 22.0 Å². The number of benzene rings is 1. The zero-order valence-electron chi connectivity index (χ0n) is 14.0. The van der Waals surface area contributed by atoms with Crippen LogP contribution in [0.2, 0.25) is 5.02 Å². The predicted molar refractivity (Wildman–Crippen MR) is 96.9 cm³/mol. The Morgan fingerprint density at radius 2 is 2.04 bits per heavy atom. The Labute approximate surface area is 160 Å². The van der Waals surface area contributed by atoms with Crippen LogP contribution in [0.25, 0.3) is 0 Å². The number of rotatable bonds is 7. The number of halogens is 1. The molecule has 10 heteroatoms. The molecule has 27 heavy (non-hydrogen) atoms. The first-order valence-corrected chi connectivity index (χ1v) is 9.95. The summed E-state index contributed by atoms with van der Waals surface area (Å²) in [7, 11) is -3.79. The van der Waals surface area contributed by atoms with E-state index in [2.05, 4.69) is 20.5 Å². The zero-order valence-corrected chi connectivity index (χ0v) is 15.6. The quantitative estimate of drug-likeness (QED) is 0.638. The van der Waals surface area contributed by atoms with Crippen LogP contribution in [0, 0.1) is 0 Å². The van der Waals surface area contributed by atoms with Gasteiger partial charge in [0.2, 0.25) is 15.7 Å². The molecule has 0 radical (unpaired) electrons. The zero-order chi connectivity index (χ0) is 19.3. The normalized spacial score (nSPS) is 11.3. The molecule has 1 amide bonds. The van der Waals surface area contributed by atoms with Crippen molar-refractivity contribution in [3.8, 4) is 0 Å². The van der Waals surface area contributed by atoms with Gasteiger partial charge in [-0.25, -0.2) is 8.42 Å². The van der Waals surface area contributed by atoms with Crippen LogP contribution in [0.5, 0.6) is 0 Å². The third kappa shape index (κ3) is 5.11. The summed E-state index contributed by atoms with van der Waals surface area (Å²) >= 11 is 5.87. The van der Waals surface area contributed by atoms with Crippen molar-refractivity contribution in [2.45, 2.75) is 17.4 Å². The molecule has 0 saturated carbocycles. The smallest absolute Gasteiger partial charge is 0.335 e. The maximum atomic E-state index is 12.4. The highest BCUT2D eigenvalue weighted by Crippen LogP contribution is 2.18. The molecule has 2 aromatic heterocycles. The Morgan fingerprint density at radius 1 is 1.19 bits per heavy atom. The second-order valence-corrected chi connectivity index (χ2v) is 7.90. The molecule has 0 aliphatic rings. The SMILES string of the molecule is O=C(NCCc1nnc(S(=O)(=O)Cc2cccc(Cl)c2)o1)c1cccnc1. The minimum absolute atomic E-state index is 0.117. The summed E-state index contributed by atoms with van der Waals surface area (Å²) in [6.45, 7) is 0.212. The molecular formula is C17H15ClN4O4S. The molecule has 0 aliphatic carbocycles. The molecule has 3 rings (SSSR count). The van der Waals surface area contributed by atoms with Crippen LogP contribution in [0.3, 0.4) is 0 Å². The van der Waals surface area contributed by atoms with Gasteiger partial charge in [-0.15, -0.1) is 5.10 Å². The van der Waals surface area contributed by atoms with E-state index in [-0.39, 0.29) is 30.5 Å². The third-order valence-electron chi connectivity index (χ3n) is 3.51. The molecule has 0 atom stereocenters. The third-order valence-corrected chi connectivity index (χ3v) is 5.15. The average Bonchev–Trinajstić information content (AvgIpc) is 3.12. The molecule has 2 heterocycles. The van der Waals surface area contributed by atoms with Crippen LogP contribution in [-0.4, -0.2) is 36.1 Å². The van der Waals surface area contributed by atoms with Gasteiger partial charge in [0, 0.05) is 30.4 Å². The number of aromatic nitrogens is 3. The van der Waals surface area contributed by atoms with Crippen molar-refractivity contribution in [3.63, 3.8) is 0 Å². The van der Waals surface area contributed by atoms with E-state index in [1.807, 2.05) is 0 Å². The number of pyridine rings is 1. The lowest BCUT2D eigenvalue weighted by molar-refractivity contribution is 0.0953. The van der Waals surface area contributed by atoms with Crippen molar-refractivity contribution < 1.29 is 17.6 Å². The van der Waals surface area contributed by atoms with Gasteiger partial charge in [0.15, 0.2) is 0 Å². The largest absolute Gasteiger partial charge is 0.412 e. The number of hydrogen-bond acceptors (Lipinski definition) is 7. The number of sulfone groups is 1. The summed E-state index contributed by atoms with van der Waals surface area (Å²) in [6, 6.07) is 9.82. The number of nitrogens with zero attached hydrogens (tertiary/aromatic N) is 3. The van der Waals surface area contributed by atoms with E-state index in [4.69, 9.17) is 16.0 Å². The molecular weight excluding hydrogens is 392 g/mol. The average molecular weight is 407 g/mol. The fourth-order valence-electron chi connectivity index (χ4n) is 2.25. The summed E-state index contributed by atoms with van der Waals surface area (Å²) < 4.78 is 30.0. The van der Waals surface area contributed by atoms with E-state index >= 15 is 0 Å². The first kappa shape index (κ1) is 19.0. The Hall–Kier alpha value is -2.78. The van der Waals surface area contributed by atoms with Gasteiger partial charge >= 0.3 is 5.22 Å². The number of carbonyl (C=O) groups excluding carboxylic acids is 1. The van der Waals surface area contributed by atoms with E-state index in [0.29, 0.717) is 16.1 Å². The van der Waals surface area contributed by atoms with Gasteiger partial charge in [0.05, 0.1) is 11.3 Å². The fraction of sp³-hybridized carbons (Fsp3) is 0.176. The van der Waals surface area contributed by atoms with Crippen LogP contribution in [0.4, 0.5) is 0 Å². The van der Waals surface area contributed by atoms with Crippen LogP contribution < -0.4 is 5.32 Å². The van der Waals surface area contributed by atoms with E-state index in [1.165, 1.54) is 6.20 Å². The van der Waals surface area contributed by atoms with Gasteiger partial charge in [-0.3, -0.25) is 9.78 Å².